The lowest BCUT2D eigenvalue weighted by atomic mass is 9.87. The van der Waals surface area contributed by atoms with Crippen LogP contribution in [0.4, 0.5) is 5.69 Å². The molecule has 2 aromatic carbocycles. The largest absolute Gasteiger partial charge is 0.497 e. The number of carbonyl (C=O) groups is 1. The fourth-order valence-electron chi connectivity index (χ4n) is 2.47. The Morgan fingerprint density at radius 1 is 1.04 bits per heavy atom. The van der Waals surface area contributed by atoms with Crippen LogP contribution in [0.15, 0.2) is 53.4 Å². The van der Waals surface area contributed by atoms with Crippen molar-refractivity contribution in [1.29, 1.82) is 0 Å². The van der Waals surface area contributed by atoms with E-state index in [-0.39, 0.29) is 16.9 Å². The average molecular weight is 391 g/mol. The minimum Gasteiger partial charge on any atom is -0.497 e. The Hall–Kier alpha value is -2.38. The molecule has 0 radical (unpaired) electrons. The zero-order valence-corrected chi connectivity index (χ0v) is 17.1. The van der Waals surface area contributed by atoms with Crippen LogP contribution in [0.25, 0.3) is 0 Å². The number of likely N-dealkylation sites (N-methyl/N-ethyl adjacent to an activating group) is 1. The number of rotatable bonds is 6. The van der Waals surface area contributed by atoms with E-state index in [9.17, 15) is 13.2 Å². The Morgan fingerprint density at radius 3 is 2.07 bits per heavy atom. The molecule has 0 fully saturated rings. The maximum atomic E-state index is 12.6. The Kier molecular flexibility index (Phi) is 6.28. The number of carbonyl (C=O) groups excluding carboxylic acids is 1. The first kappa shape index (κ1) is 20.9. The van der Waals surface area contributed by atoms with Gasteiger partial charge in [-0.05, 0) is 47.4 Å². The van der Waals surface area contributed by atoms with Crippen LogP contribution in [-0.4, -0.2) is 39.3 Å². The Balaban J connectivity index is 2.03. The summed E-state index contributed by atoms with van der Waals surface area (Å²) < 4.78 is 31.2. The highest BCUT2D eigenvalue weighted by atomic mass is 32.2. The Labute approximate surface area is 161 Å². The van der Waals surface area contributed by atoms with E-state index in [1.807, 2.05) is 24.3 Å². The number of sulfonamides is 1. The van der Waals surface area contributed by atoms with Gasteiger partial charge in [-0.15, -0.1) is 0 Å². The van der Waals surface area contributed by atoms with Crippen molar-refractivity contribution in [2.75, 3.05) is 26.0 Å². The van der Waals surface area contributed by atoms with Crippen molar-refractivity contribution in [3.8, 4) is 5.75 Å². The van der Waals surface area contributed by atoms with Gasteiger partial charge in [0.25, 0.3) is 0 Å². The van der Waals surface area contributed by atoms with Crippen LogP contribution in [-0.2, 0) is 20.2 Å². The molecule has 0 aliphatic heterocycles. The van der Waals surface area contributed by atoms with Crippen LogP contribution in [0, 0.1) is 0 Å². The van der Waals surface area contributed by atoms with Crippen LogP contribution in [0.5, 0.6) is 5.75 Å². The van der Waals surface area contributed by atoms with E-state index >= 15 is 0 Å². The standard InChI is InChI=1S/C20H26N2O4S/c1-20(2,3)15-6-8-16(9-7-15)21-19(23)14-22(4)27(24,25)18-12-10-17(26-5)11-13-18/h6-13H,14H2,1-5H3,(H,21,23). The summed E-state index contributed by atoms with van der Waals surface area (Å²) in [5, 5.41) is 2.73. The Bertz CT molecular complexity index is 883. The highest BCUT2D eigenvalue weighted by Gasteiger charge is 2.23. The summed E-state index contributed by atoms with van der Waals surface area (Å²) in [7, 11) is -0.876. The summed E-state index contributed by atoms with van der Waals surface area (Å²) in [6.45, 7) is 6.05. The lowest BCUT2D eigenvalue weighted by Gasteiger charge is -2.20. The third-order valence-corrected chi connectivity index (χ3v) is 5.99. The predicted molar refractivity (Wildman–Crippen MR) is 107 cm³/mol. The van der Waals surface area contributed by atoms with Crippen LogP contribution >= 0.6 is 0 Å². The highest BCUT2D eigenvalue weighted by Crippen LogP contribution is 2.23. The minimum atomic E-state index is -3.76. The molecule has 1 N–H and O–H groups in total. The second-order valence-electron chi connectivity index (χ2n) is 7.31. The molecule has 146 valence electrons. The van der Waals surface area contributed by atoms with Crippen molar-refractivity contribution in [1.82, 2.24) is 4.31 Å². The lowest BCUT2D eigenvalue weighted by molar-refractivity contribution is -0.116. The summed E-state index contributed by atoms with van der Waals surface area (Å²) in [5.41, 5.74) is 1.80. The number of benzene rings is 2. The maximum Gasteiger partial charge on any atom is 0.243 e. The molecule has 0 heterocycles. The monoisotopic (exact) mass is 390 g/mol. The molecule has 2 rings (SSSR count). The molecule has 0 spiro atoms. The minimum absolute atomic E-state index is 0.0230. The molecule has 0 saturated carbocycles. The summed E-state index contributed by atoms with van der Waals surface area (Å²) in [4.78, 5) is 12.4. The topological polar surface area (TPSA) is 75.7 Å². The van der Waals surface area contributed by atoms with E-state index in [0.717, 1.165) is 9.87 Å². The lowest BCUT2D eigenvalue weighted by Crippen LogP contribution is -2.34. The van der Waals surface area contributed by atoms with Crippen LogP contribution in [0.1, 0.15) is 26.3 Å². The summed E-state index contributed by atoms with van der Waals surface area (Å²) >= 11 is 0. The molecule has 7 heteroatoms. The fourth-order valence-corrected chi connectivity index (χ4v) is 3.60. The molecule has 0 unspecified atom stereocenters. The first-order valence-corrected chi connectivity index (χ1v) is 9.99. The van der Waals surface area contributed by atoms with Crippen molar-refractivity contribution in [2.45, 2.75) is 31.1 Å². The van der Waals surface area contributed by atoms with Gasteiger partial charge in [0.1, 0.15) is 5.75 Å². The van der Waals surface area contributed by atoms with Gasteiger partial charge in [0.05, 0.1) is 18.6 Å². The predicted octanol–water partition coefficient (Wildman–Crippen LogP) is 3.25. The fraction of sp³-hybridized carbons (Fsp3) is 0.350. The van der Waals surface area contributed by atoms with Gasteiger partial charge in [0.2, 0.25) is 15.9 Å². The highest BCUT2D eigenvalue weighted by molar-refractivity contribution is 7.89. The molecular weight excluding hydrogens is 364 g/mol. The summed E-state index contributed by atoms with van der Waals surface area (Å²) in [6.07, 6.45) is 0. The van der Waals surface area contributed by atoms with Crippen molar-refractivity contribution in [3.63, 3.8) is 0 Å². The quantitative estimate of drug-likeness (QED) is 0.821. The van der Waals surface area contributed by atoms with Crippen molar-refractivity contribution in [3.05, 3.63) is 54.1 Å². The molecule has 0 bridgehead atoms. The molecule has 6 nitrogen and oxygen atoms in total. The maximum absolute atomic E-state index is 12.6. The van der Waals surface area contributed by atoms with E-state index in [1.54, 1.807) is 12.1 Å². The van der Waals surface area contributed by atoms with Gasteiger partial charge in [-0.2, -0.15) is 4.31 Å². The van der Waals surface area contributed by atoms with Gasteiger partial charge in [-0.3, -0.25) is 4.79 Å². The van der Waals surface area contributed by atoms with E-state index in [4.69, 9.17) is 4.74 Å². The van der Waals surface area contributed by atoms with Gasteiger partial charge >= 0.3 is 0 Å². The molecule has 27 heavy (non-hydrogen) atoms. The van der Waals surface area contributed by atoms with Gasteiger partial charge in [0, 0.05) is 12.7 Å². The number of methoxy groups -OCH3 is 1. The first-order chi connectivity index (χ1) is 12.5. The normalized spacial score (nSPS) is 12.1. The molecular formula is C20H26N2O4S. The molecule has 0 saturated heterocycles. The smallest absolute Gasteiger partial charge is 0.243 e. The number of amides is 1. The number of nitrogens with zero attached hydrogens (tertiary/aromatic N) is 1. The molecule has 2 aromatic rings. The first-order valence-electron chi connectivity index (χ1n) is 8.55. The number of hydrogen-bond acceptors (Lipinski definition) is 4. The number of nitrogens with one attached hydrogen (secondary N) is 1. The van der Waals surface area contributed by atoms with E-state index in [1.165, 1.54) is 26.3 Å². The van der Waals surface area contributed by atoms with Crippen LogP contribution in [0.3, 0.4) is 0 Å². The number of ether oxygens (including phenoxy) is 1. The summed E-state index contributed by atoms with van der Waals surface area (Å²) in [5.74, 6) is 0.158. The van der Waals surface area contributed by atoms with Crippen molar-refractivity contribution >= 4 is 21.6 Å². The van der Waals surface area contributed by atoms with Crippen LogP contribution < -0.4 is 10.1 Å². The van der Waals surface area contributed by atoms with Gasteiger partial charge < -0.3 is 10.1 Å². The zero-order valence-electron chi connectivity index (χ0n) is 16.3. The third kappa shape index (κ3) is 5.30. The van der Waals surface area contributed by atoms with Crippen molar-refractivity contribution < 1.29 is 17.9 Å². The molecule has 0 aromatic heterocycles. The van der Waals surface area contributed by atoms with E-state index in [2.05, 4.69) is 26.1 Å². The summed E-state index contributed by atoms with van der Waals surface area (Å²) in [6, 6.07) is 13.6. The molecule has 0 aliphatic carbocycles. The van der Waals surface area contributed by atoms with Crippen molar-refractivity contribution in [2.24, 2.45) is 0 Å². The third-order valence-electron chi connectivity index (χ3n) is 4.17. The number of anilines is 1. The SMILES string of the molecule is COc1ccc(S(=O)(=O)N(C)CC(=O)Nc2ccc(C(C)(C)C)cc2)cc1. The van der Waals surface area contributed by atoms with E-state index < -0.39 is 15.9 Å². The molecule has 0 atom stereocenters. The average Bonchev–Trinajstić information content (AvgIpc) is 2.61. The second-order valence-corrected chi connectivity index (χ2v) is 9.36. The number of hydrogen-bond donors (Lipinski definition) is 1. The van der Waals surface area contributed by atoms with Gasteiger partial charge in [0.15, 0.2) is 0 Å². The van der Waals surface area contributed by atoms with Gasteiger partial charge in [-0.25, -0.2) is 8.42 Å². The van der Waals surface area contributed by atoms with E-state index in [0.29, 0.717) is 11.4 Å². The molecule has 1 amide bonds. The van der Waals surface area contributed by atoms with Gasteiger partial charge in [-0.1, -0.05) is 32.9 Å². The molecule has 0 aliphatic rings. The zero-order chi connectivity index (χ0) is 20.2. The second kappa shape index (κ2) is 8.10. The Morgan fingerprint density at radius 2 is 1.59 bits per heavy atom. The van der Waals surface area contributed by atoms with Crippen LogP contribution in [0.2, 0.25) is 0 Å².